The largest absolute Gasteiger partial charge is 0.461 e. The second kappa shape index (κ2) is 3.00. The molecule has 0 radical (unpaired) electrons. The van der Waals surface area contributed by atoms with E-state index in [1.54, 1.807) is 6.92 Å². The Morgan fingerprint density at radius 2 is 2.64 bits per heavy atom. The minimum absolute atomic E-state index is 0.120. The molecule has 11 heavy (non-hydrogen) atoms. The quantitative estimate of drug-likeness (QED) is 0.446. The van der Waals surface area contributed by atoms with Crippen molar-refractivity contribution in [1.82, 2.24) is 15.1 Å². The number of hydrogen-bond donors (Lipinski definition) is 1. The van der Waals surface area contributed by atoms with Gasteiger partial charge in [-0.3, -0.25) is 0 Å². The zero-order valence-corrected chi connectivity index (χ0v) is 6.02. The highest BCUT2D eigenvalue weighted by molar-refractivity contribution is 5.86. The van der Waals surface area contributed by atoms with Gasteiger partial charge >= 0.3 is 5.97 Å². The first-order valence-electron chi connectivity index (χ1n) is 3.08. The van der Waals surface area contributed by atoms with Crippen molar-refractivity contribution in [2.24, 2.45) is 0 Å². The fourth-order valence-electron chi connectivity index (χ4n) is 0.575. The number of aromatic nitrogens is 3. The Bertz CT molecular complexity index is 257. The number of hydrogen-bond acceptors (Lipinski definition) is 5. The van der Waals surface area contributed by atoms with Gasteiger partial charge in [0, 0.05) is 0 Å². The van der Waals surface area contributed by atoms with Gasteiger partial charge in [-0.15, -0.1) is 5.10 Å². The zero-order valence-electron chi connectivity index (χ0n) is 6.02. The van der Waals surface area contributed by atoms with E-state index in [1.807, 2.05) is 0 Å². The fraction of sp³-hybridized carbons (Fsp3) is 0.400. The standard InChI is InChI=1S/C5H8N4O2/c1-2-11-5(10)4-3-9(6)8-7-4/h3H,2,6H2,1H3. The van der Waals surface area contributed by atoms with Crippen LogP contribution in [-0.4, -0.2) is 27.7 Å². The highest BCUT2D eigenvalue weighted by Gasteiger charge is 2.09. The molecule has 0 fully saturated rings. The van der Waals surface area contributed by atoms with Crippen molar-refractivity contribution < 1.29 is 9.53 Å². The summed E-state index contributed by atoms with van der Waals surface area (Å²) >= 11 is 0. The van der Waals surface area contributed by atoms with Crippen LogP contribution in [0.25, 0.3) is 0 Å². The first kappa shape index (κ1) is 7.52. The van der Waals surface area contributed by atoms with Gasteiger partial charge in [0.15, 0.2) is 5.69 Å². The number of esters is 1. The lowest BCUT2D eigenvalue weighted by molar-refractivity contribution is 0.0519. The number of carbonyl (C=O) groups excluding carboxylic acids is 1. The number of nitrogens with zero attached hydrogens (tertiary/aromatic N) is 3. The van der Waals surface area contributed by atoms with Crippen molar-refractivity contribution in [2.75, 3.05) is 12.4 Å². The first-order chi connectivity index (χ1) is 5.24. The van der Waals surface area contributed by atoms with Crippen LogP contribution in [0.1, 0.15) is 17.4 Å². The molecule has 0 aromatic carbocycles. The Labute approximate surface area is 62.9 Å². The van der Waals surface area contributed by atoms with Crippen LogP contribution in [0.5, 0.6) is 0 Å². The van der Waals surface area contributed by atoms with E-state index in [0.717, 1.165) is 4.79 Å². The summed E-state index contributed by atoms with van der Waals surface area (Å²) in [5.41, 5.74) is 0.120. The van der Waals surface area contributed by atoms with Gasteiger partial charge in [0.05, 0.1) is 12.8 Å². The van der Waals surface area contributed by atoms with E-state index in [4.69, 9.17) is 5.84 Å². The van der Waals surface area contributed by atoms with E-state index in [9.17, 15) is 4.79 Å². The molecule has 1 aromatic heterocycles. The van der Waals surface area contributed by atoms with Crippen molar-refractivity contribution in [3.8, 4) is 0 Å². The second-order valence-corrected chi connectivity index (χ2v) is 1.80. The van der Waals surface area contributed by atoms with Crippen molar-refractivity contribution in [2.45, 2.75) is 6.92 Å². The molecule has 0 saturated carbocycles. The summed E-state index contributed by atoms with van der Waals surface area (Å²) in [5.74, 6) is 4.64. The summed E-state index contributed by atoms with van der Waals surface area (Å²) in [6.45, 7) is 2.03. The number of nitrogens with two attached hydrogens (primary N) is 1. The first-order valence-corrected chi connectivity index (χ1v) is 3.08. The summed E-state index contributed by atoms with van der Waals surface area (Å²) in [5, 5.41) is 6.81. The van der Waals surface area contributed by atoms with Crippen LogP contribution in [-0.2, 0) is 4.74 Å². The number of nitrogen functional groups attached to an aromatic ring is 1. The second-order valence-electron chi connectivity index (χ2n) is 1.80. The van der Waals surface area contributed by atoms with E-state index in [-0.39, 0.29) is 5.69 Å². The average Bonchev–Trinajstić information content (AvgIpc) is 2.36. The van der Waals surface area contributed by atoms with Gasteiger partial charge in [-0.2, -0.15) is 4.79 Å². The third-order valence-corrected chi connectivity index (χ3v) is 0.995. The van der Waals surface area contributed by atoms with Crippen molar-refractivity contribution in [3.05, 3.63) is 11.9 Å². The lowest BCUT2D eigenvalue weighted by atomic mass is 10.5. The molecule has 1 aromatic rings. The molecule has 0 atom stereocenters. The van der Waals surface area contributed by atoms with Crippen LogP contribution in [0, 0.1) is 0 Å². The topological polar surface area (TPSA) is 83.0 Å². The third-order valence-electron chi connectivity index (χ3n) is 0.995. The monoisotopic (exact) mass is 156 g/mol. The molecule has 0 saturated heterocycles. The van der Waals surface area contributed by atoms with E-state index < -0.39 is 5.97 Å². The normalized spacial score (nSPS) is 9.55. The summed E-state index contributed by atoms with van der Waals surface area (Å²) in [6, 6.07) is 0. The number of rotatable bonds is 2. The summed E-state index contributed by atoms with van der Waals surface area (Å²) in [7, 11) is 0. The van der Waals surface area contributed by atoms with Crippen LogP contribution in [0.4, 0.5) is 0 Å². The van der Waals surface area contributed by atoms with E-state index in [1.165, 1.54) is 6.20 Å². The summed E-state index contributed by atoms with van der Waals surface area (Å²) in [6.07, 6.45) is 1.29. The Balaban J connectivity index is 2.69. The Morgan fingerprint density at radius 3 is 3.09 bits per heavy atom. The lowest BCUT2D eigenvalue weighted by Gasteiger charge is -1.94. The van der Waals surface area contributed by atoms with E-state index in [0.29, 0.717) is 6.61 Å². The Morgan fingerprint density at radius 1 is 1.91 bits per heavy atom. The molecule has 2 N–H and O–H groups in total. The third kappa shape index (κ3) is 1.66. The van der Waals surface area contributed by atoms with Gasteiger partial charge < -0.3 is 10.6 Å². The molecule has 6 nitrogen and oxygen atoms in total. The predicted octanol–water partition coefficient (Wildman–Crippen LogP) is -0.831. The smallest absolute Gasteiger partial charge is 0.360 e. The predicted molar refractivity (Wildman–Crippen MR) is 36.1 cm³/mol. The highest BCUT2D eigenvalue weighted by atomic mass is 16.5. The molecule has 0 aliphatic rings. The number of carbonyl (C=O) groups is 1. The molecule has 0 amide bonds. The van der Waals surface area contributed by atoms with Gasteiger partial charge in [-0.05, 0) is 12.1 Å². The van der Waals surface area contributed by atoms with E-state index >= 15 is 0 Å². The molecule has 1 rings (SSSR count). The molecular formula is C5H8N4O2. The van der Waals surface area contributed by atoms with Crippen molar-refractivity contribution in [1.29, 1.82) is 0 Å². The van der Waals surface area contributed by atoms with Gasteiger partial charge in [0.1, 0.15) is 0 Å². The van der Waals surface area contributed by atoms with Gasteiger partial charge in [-0.1, -0.05) is 0 Å². The van der Waals surface area contributed by atoms with Gasteiger partial charge in [-0.25, -0.2) is 4.79 Å². The van der Waals surface area contributed by atoms with Crippen molar-refractivity contribution >= 4 is 5.97 Å². The van der Waals surface area contributed by atoms with Crippen LogP contribution in [0.3, 0.4) is 0 Å². The molecule has 0 spiro atoms. The maximum atomic E-state index is 10.9. The van der Waals surface area contributed by atoms with Gasteiger partial charge in [0.25, 0.3) is 0 Å². The molecule has 60 valence electrons. The average molecular weight is 156 g/mol. The fourth-order valence-corrected chi connectivity index (χ4v) is 0.575. The highest BCUT2D eigenvalue weighted by Crippen LogP contribution is 1.93. The van der Waals surface area contributed by atoms with Crippen LogP contribution in [0.15, 0.2) is 6.20 Å². The molecule has 0 aliphatic heterocycles. The molecular weight excluding hydrogens is 148 g/mol. The lowest BCUT2D eigenvalue weighted by Crippen LogP contribution is -2.08. The summed E-state index contributed by atoms with van der Waals surface area (Å²) < 4.78 is 4.63. The summed E-state index contributed by atoms with van der Waals surface area (Å²) in [4.78, 5) is 11.8. The van der Waals surface area contributed by atoms with Gasteiger partial charge in [0.2, 0.25) is 0 Å². The van der Waals surface area contributed by atoms with Crippen molar-refractivity contribution in [3.63, 3.8) is 0 Å². The zero-order chi connectivity index (χ0) is 8.27. The van der Waals surface area contributed by atoms with Crippen LogP contribution >= 0.6 is 0 Å². The maximum absolute atomic E-state index is 10.9. The molecule has 0 bridgehead atoms. The molecule has 6 heteroatoms. The van der Waals surface area contributed by atoms with Crippen LogP contribution < -0.4 is 5.84 Å². The minimum atomic E-state index is -0.510. The van der Waals surface area contributed by atoms with Crippen LogP contribution in [0.2, 0.25) is 0 Å². The molecule has 1 heterocycles. The molecule has 0 aliphatic carbocycles. The Kier molecular flexibility index (Phi) is 2.05. The SMILES string of the molecule is CCOC(=O)c1cn(N)nn1. The maximum Gasteiger partial charge on any atom is 0.360 e. The minimum Gasteiger partial charge on any atom is -0.461 e. The number of ether oxygens (including phenoxy) is 1. The van der Waals surface area contributed by atoms with E-state index in [2.05, 4.69) is 15.0 Å². The Hall–Kier alpha value is -1.59. The molecule has 0 unspecified atom stereocenters.